The molecule has 0 aromatic heterocycles. The molecule has 0 unspecified atom stereocenters. The summed E-state index contributed by atoms with van der Waals surface area (Å²) >= 11 is 0. The predicted molar refractivity (Wildman–Crippen MR) is 117 cm³/mol. The fourth-order valence-electron chi connectivity index (χ4n) is 4.03. The molecule has 1 N–H and O–H groups in total. The molecular weight excluding hydrogens is 358 g/mol. The molecule has 1 aliphatic carbocycles. The molecule has 3 aromatic rings. The average Bonchev–Trinajstić information content (AvgIpc) is 2.78. The summed E-state index contributed by atoms with van der Waals surface area (Å²) in [6.45, 7) is 0.563. The number of ether oxygens (including phenoxy) is 1. The van der Waals surface area contributed by atoms with Gasteiger partial charge in [0.25, 0.3) is 0 Å². The van der Waals surface area contributed by atoms with E-state index in [0.717, 1.165) is 30.6 Å². The standard InChI is InChI=1S/C26H27NO2/c1-27-26(28)16-20-9-12-24-17-25(14-13-23(24)15-20)29-18-19-7-10-22(11-8-19)21-5-3-2-4-6-21/h2-8,10-11,13-14,17,20H,9,12,15-16,18H2,1H3,(H,27,28)/t20-/m1/s1. The van der Waals surface area contributed by atoms with Crippen molar-refractivity contribution in [2.45, 2.75) is 32.3 Å². The van der Waals surface area contributed by atoms with Gasteiger partial charge in [0, 0.05) is 13.5 Å². The molecule has 0 radical (unpaired) electrons. The van der Waals surface area contributed by atoms with Crippen molar-refractivity contribution >= 4 is 5.91 Å². The molecular formula is C26H27NO2. The second kappa shape index (κ2) is 8.95. The number of nitrogens with one attached hydrogen (secondary N) is 1. The first kappa shape index (κ1) is 19.3. The van der Waals surface area contributed by atoms with E-state index in [4.69, 9.17) is 4.74 Å². The van der Waals surface area contributed by atoms with Crippen LogP contribution < -0.4 is 10.1 Å². The van der Waals surface area contributed by atoms with Crippen molar-refractivity contribution in [1.29, 1.82) is 0 Å². The van der Waals surface area contributed by atoms with Crippen molar-refractivity contribution in [3.05, 3.63) is 89.5 Å². The molecule has 0 spiro atoms. The molecule has 0 saturated heterocycles. The Bertz CT molecular complexity index is 964. The SMILES string of the molecule is CNC(=O)C[C@@H]1CCc2cc(OCc3ccc(-c4ccccc4)cc3)ccc2C1. The molecule has 0 bridgehead atoms. The van der Waals surface area contributed by atoms with Crippen LogP contribution in [-0.4, -0.2) is 13.0 Å². The highest BCUT2D eigenvalue weighted by Crippen LogP contribution is 2.30. The number of rotatable bonds is 6. The number of carbonyl (C=O) groups is 1. The third-order valence-corrected chi connectivity index (χ3v) is 5.73. The largest absolute Gasteiger partial charge is 0.489 e. The van der Waals surface area contributed by atoms with Gasteiger partial charge >= 0.3 is 0 Å². The van der Waals surface area contributed by atoms with Gasteiger partial charge in [0.2, 0.25) is 5.91 Å². The van der Waals surface area contributed by atoms with Crippen LogP contribution in [0, 0.1) is 5.92 Å². The number of amides is 1. The summed E-state index contributed by atoms with van der Waals surface area (Å²) in [5.74, 6) is 1.50. The van der Waals surface area contributed by atoms with Gasteiger partial charge < -0.3 is 10.1 Å². The predicted octanol–water partition coefficient (Wildman–Crippen LogP) is 5.17. The van der Waals surface area contributed by atoms with Crippen LogP contribution >= 0.6 is 0 Å². The second-order valence-corrected chi connectivity index (χ2v) is 7.77. The summed E-state index contributed by atoms with van der Waals surface area (Å²) in [5, 5.41) is 2.73. The van der Waals surface area contributed by atoms with Gasteiger partial charge in [0.05, 0.1) is 0 Å². The Kier molecular flexibility index (Phi) is 5.95. The quantitative estimate of drug-likeness (QED) is 0.635. The topological polar surface area (TPSA) is 38.3 Å². The molecule has 0 aliphatic heterocycles. The molecule has 4 rings (SSSR count). The summed E-state index contributed by atoms with van der Waals surface area (Å²) in [4.78, 5) is 11.6. The zero-order chi connectivity index (χ0) is 20.1. The average molecular weight is 386 g/mol. The van der Waals surface area contributed by atoms with Crippen LogP contribution in [0.15, 0.2) is 72.8 Å². The van der Waals surface area contributed by atoms with Crippen LogP contribution in [0.1, 0.15) is 29.5 Å². The fourth-order valence-corrected chi connectivity index (χ4v) is 4.03. The summed E-state index contributed by atoms with van der Waals surface area (Å²) in [7, 11) is 1.71. The third-order valence-electron chi connectivity index (χ3n) is 5.73. The first-order valence-corrected chi connectivity index (χ1v) is 10.3. The monoisotopic (exact) mass is 385 g/mol. The lowest BCUT2D eigenvalue weighted by molar-refractivity contribution is -0.121. The molecule has 0 heterocycles. The Hall–Kier alpha value is -3.07. The van der Waals surface area contributed by atoms with Gasteiger partial charge in [-0.3, -0.25) is 4.79 Å². The van der Waals surface area contributed by atoms with E-state index in [9.17, 15) is 4.79 Å². The highest BCUT2D eigenvalue weighted by atomic mass is 16.5. The first-order chi connectivity index (χ1) is 14.2. The van der Waals surface area contributed by atoms with Gasteiger partial charge in [0.15, 0.2) is 0 Å². The minimum Gasteiger partial charge on any atom is -0.489 e. The van der Waals surface area contributed by atoms with Gasteiger partial charge in [0.1, 0.15) is 12.4 Å². The molecule has 1 amide bonds. The number of fused-ring (bicyclic) bond motifs is 1. The van der Waals surface area contributed by atoms with Crippen molar-refractivity contribution in [2.75, 3.05) is 7.05 Å². The number of aryl methyl sites for hydroxylation is 1. The molecule has 3 aromatic carbocycles. The number of hydrogen-bond donors (Lipinski definition) is 1. The highest BCUT2D eigenvalue weighted by Gasteiger charge is 2.21. The van der Waals surface area contributed by atoms with Crippen LogP contribution in [-0.2, 0) is 24.2 Å². The van der Waals surface area contributed by atoms with Crippen molar-refractivity contribution in [3.63, 3.8) is 0 Å². The molecule has 1 atom stereocenters. The molecule has 3 heteroatoms. The van der Waals surface area contributed by atoms with Crippen molar-refractivity contribution < 1.29 is 9.53 Å². The van der Waals surface area contributed by atoms with Crippen LogP contribution in [0.3, 0.4) is 0 Å². The Balaban J connectivity index is 1.36. The zero-order valence-electron chi connectivity index (χ0n) is 16.9. The number of benzene rings is 3. The van der Waals surface area contributed by atoms with E-state index in [1.807, 2.05) is 6.07 Å². The van der Waals surface area contributed by atoms with E-state index in [1.165, 1.54) is 22.3 Å². The van der Waals surface area contributed by atoms with Crippen LogP contribution in [0.5, 0.6) is 5.75 Å². The lowest BCUT2D eigenvalue weighted by Crippen LogP contribution is -2.24. The van der Waals surface area contributed by atoms with Crippen LogP contribution in [0.25, 0.3) is 11.1 Å². The lowest BCUT2D eigenvalue weighted by Gasteiger charge is -2.24. The van der Waals surface area contributed by atoms with E-state index in [-0.39, 0.29) is 5.91 Å². The maximum absolute atomic E-state index is 11.6. The van der Waals surface area contributed by atoms with Gasteiger partial charge in [-0.15, -0.1) is 0 Å². The minimum atomic E-state index is 0.136. The normalized spacial score (nSPS) is 15.4. The van der Waals surface area contributed by atoms with Crippen molar-refractivity contribution in [3.8, 4) is 16.9 Å². The van der Waals surface area contributed by atoms with Crippen LogP contribution in [0.2, 0.25) is 0 Å². The number of hydrogen-bond acceptors (Lipinski definition) is 2. The molecule has 3 nitrogen and oxygen atoms in total. The lowest BCUT2D eigenvalue weighted by atomic mass is 9.82. The first-order valence-electron chi connectivity index (χ1n) is 10.3. The van der Waals surface area contributed by atoms with E-state index >= 15 is 0 Å². The van der Waals surface area contributed by atoms with E-state index in [1.54, 1.807) is 7.05 Å². The summed E-state index contributed by atoms with van der Waals surface area (Å²) in [5.41, 5.74) is 6.31. The smallest absolute Gasteiger partial charge is 0.220 e. The summed E-state index contributed by atoms with van der Waals surface area (Å²) in [6, 6.07) is 25.3. The Labute approximate surface area is 172 Å². The van der Waals surface area contributed by atoms with E-state index in [2.05, 4.69) is 72.0 Å². The van der Waals surface area contributed by atoms with E-state index in [0.29, 0.717) is 18.9 Å². The summed E-state index contributed by atoms with van der Waals surface area (Å²) < 4.78 is 6.05. The van der Waals surface area contributed by atoms with Gasteiger partial charge in [-0.05, 0) is 65.1 Å². The maximum Gasteiger partial charge on any atom is 0.220 e. The Morgan fingerprint density at radius 3 is 2.48 bits per heavy atom. The second-order valence-electron chi connectivity index (χ2n) is 7.77. The third kappa shape index (κ3) is 4.86. The molecule has 29 heavy (non-hydrogen) atoms. The zero-order valence-corrected chi connectivity index (χ0v) is 16.9. The van der Waals surface area contributed by atoms with Crippen LogP contribution in [0.4, 0.5) is 0 Å². The minimum absolute atomic E-state index is 0.136. The van der Waals surface area contributed by atoms with Gasteiger partial charge in [-0.1, -0.05) is 60.7 Å². The van der Waals surface area contributed by atoms with E-state index < -0.39 is 0 Å². The van der Waals surface area contributed by atoms with Gasteiger partial charge in [-0.25, -0.2) is 0 Å². The van der Waals surface area contributed by atoms with Crippen molar-refractivity contribution in [1.82, 2.24) is 5.32 Å². The Morgan fingerprint density at radius 2 is 1.72 bits per heavy atom. The summed E-state index contributed by atoms with van der Waals surface area (Å²) in [6.07, 6.45) is 3.67. The number of carbonyl (C=O) groups excluding carboxylic acids is 1. The highest BCUT2D eigenvalue weighted by molar-refractivity contribution is 5.75. The molecule has 148 valence electrons. The molecule has 1 aliphatic rings. The maximum atomic E-state index is 11.6. The molecule has 0 fully saturated rings. The fraction of sp³-hybridized carbons (Fsp3) is 0.269. The Morgan fingerprint density at radius 1 is 0.966 bits per heavy atom. The van der Waals surface area contributed by atoms with Crippen molar-refractivity contribution in [2.24, 2.45) is 5.92 Å². The molecule has 0 saturated carbocycles. The van der Waals surface area contributed by atoms with Gasteiger partial charge in [-0.2, -0.15) is 0 Å².